The van der Waals surface area contributed by atoms with Crippen molar-refractivity contribution in [1.29, 1.82) is 0 Å². The minimum absolute atomic E-state index is 0.378. The van der Waals surface area contributed by atoms with Crippen LogP contribution in [0.1, 0.15) is 38.9 Å². The maximum atomic E-state index is 12.7. The summed E-state index contributed by atoms with van der Waals surface area (Å²) in [7, 11) is 0. The lowest BCUT2D eigenvalue weighted by atomic mass is 10.1. The van der Waals surface area contributed by atoms with Gasteiger partial charge in [-0.25, -0.2) is 9.67 Å². The van der Waals surface area contributed by atoms with E-state index in [2.05, 4.69) is 20.9 Å². The molecule has 4 rings (SSSR count). The molecule has 0 fully saturated rings. The highest BCUT2D eigenvalue weighted by Gasteiger charge is 2.18. The first-order chi connectivity index (χ1) is 16.5. The van der Waals surface area contributed by atoms with Crippen molar-refractivity contribution in [2.75, 3.05) is 0 Å². The molecule has 2 amide bonds. The smallest absolute Gasteiger partial charge is 0.267 e. The van der Waals surface area contributed by atoms with Crippen LogP contribution in [0.15, 0.2) is 84.0 Å². The van der Waals surface area contributed by atoms with Crippen LogP contribution in [0.3, 0.4) is 0 Å². The summed E-state index contributed by atoms with van der Waals surface area (Å²) in [4.78, 5) is 30.6. The van der Waals surface area contributed by atoms with Gasteiger partial charge in [0.15, 0.2) is 5.82 Å². The quantitative estimate of drug-likeness (QED) is 0.285. The standard InChI is InChI=1S/C25H22ClN5O2S/c1-2-22-21(15-28-31(22)23-5-3-4-14-27-23)25(33)30-29-24(32)18-8-6-17(7-9-18)16-34-20-12-10-19(26)11-13-20/h3-15H,2,16H2,1H3,(H,29,32)(H,30,33). The molecule has 0 bridgehead atoms. The number of nitrogens with one attached hydrogen (secondary N) is 2. The molecule has 2 N–H and O–H groups in total. The summed E-state index contributed by atoms with van der Waals surface area (Å²) in [5.41, 5.74) is 7.55. The topological polar surface area (TPSA) is 88.9 Å². The van der Waals surface area contributed by atoms with Crippen molar-refractivity contribution in [1.82, 2.24) is 25.6 Å². The number of hydrogen-bond donors (Lipinski definition) is 2. The van der Waals surface area contributed by atoms with Gasteiger partial charge in [-0.3, -0.25) is 20.4 Å². The number of hydrogen-bond acceptors (Lipinski definition) is 5. The summed E-state index contributed by atoms with van der Waals surface area (Å²) in [6.07, 6.45) is 3.71. The first-order valence-corrected chi connectivity index (χ1v) is 12.0. The predicted octanol–water partition coefficient (Wildman–Crippen LogP) is 4.85. The van der Waals surface area contributed by atoms with E-state index in [9.17, 15) is 9.59 Å². The number of aromatic nitrogens is 3. The van der Waals surface area contributed by atoms with Crippen molar-refractivity contribution in [3.8, 4) is 5.82 Å². The van der Waals surface area contributed by atoms with Gasteiger partial charge in [-0.05, 0) is 60.5 Å². The first-order valence-electron chi connectivity index (χ1n) is 10.6. The van der Waals surface area contributed by atoms with Crippen molar-refractivity contribution in [3.05, 3.63) is 107 Å². The van der Waals surface area contributed by atoms with Crippen LogP contribution in [-0.4, -0.2) is 26.6 Å². The highest BCUT2D eigenvalue weighted by atomic mass is 35.5. The third-order valence-electron chi connectivity index (χ3n) is 5.04. The van der Waals surface area contributed by atoms with E-state index < -0.39 is 11.8 Å². The molecule has 7 nitrogen and oxygen atoms in total. The molecule has 172 valence electrons. The molecular weight excluding hydrogens is 470 g/mol. The molecule has 0 aliphatic heterocycles. The molecule has 0 aliphatic carbocycles. The molecule has 9 heteroatoms. The third-order valence-corrected chi connectivity index (χ3v) is 6.37. The van der Waals surface area contributed by atoms with Crippen LogP contribution in [0.4, 0.5) is 0 Å². The molecule has 0 radical (unpaired) electrons. The van der Waals surface area contributed by atoms with Gasteiger partial charge in [0.05, 0.1) is 17.5 Å². The summed E-state index contributed by atoms with van der Waals surface area (Å²) >= 11 is 7.60. The fourth-order valence-corrected chi connectivity index (χ4v) is 4.26. The largest absolute Gasteiger partial charge is 0.273 e. The van der Waals surface area contributed by atoms with E-state index in [4.69, 9.17) is 11.6 Å². The molecule has 0 saturated heterocycles. The summed E-state index contributed by atoms with van der Waals surface area (Å²) < 4.78 is 1.62. The fraction of sp³-hybridized carbons (Fsp3) is 0.120. The maximum absolute atomic E-state index is 12.7. The maximum Gasteiger partial charge on any atom is 0.273 e. The van der Waals surface area contributed by atoms with Gasteiger partial charge < -0.3 is 0 Å². The number of halogens is 1. The Morgan fingerprint density at radius 1 is 0.971 bits per heavy atom. The van der Waals surface area contributed by atoms with E-state index in [1.54, 1.807) is 34.8 Å². The monoisotopic (exact) mass is 491 g/mol. The molecule has 34 heavy (non-hydrogen) atoms. The van der Waals surface area contributed by atoms with Crippen LogP contribution in [0.5, 0.6) is 0 Å². The Bertz CT molecular complexity index is 1280. The fourth-order valence-electron chi connectivity index (χ4n) is 3.28. The summed E-state index contributed by atoms with van der Waals surface area (Å²) in [6, 6.07) is 20.4. The molecular formula is C25H22ClN5O2S. The highest BCUT2D eigenvalue weighted by Crippen LogP contribution is 2.24. The number of benzene rings is 2. The zero-order valence-electron chi connectivity index (χ0n) is 18.4. The van der Waals surface area contributed by atoms with E-state index >= 15 is 0 Å². The lowest BCUT2D eigenvalue weighted by Crippen LogP contribution is -2.41. The Morgan fingerprint density at radius 3 is 2.38 bits per heavy atom. The lowest BCUT2D eigenvalue weighted by molar-refractivity contribution is 0.0846. The van der Waals surface area contributed by atoms with Gasteiger partial charge in [-0.1, -0.05) is 36.7 Å². The molecule has 2 aromatic carbocycles. The normalized spacial score (nSPS) is 10.6. The lowest BCUT2D eigenvalue weighted by Gasteiger charge is -2.09. The van der Waals surface area contributed by atoms with E-state index in [1.807, 2.05) is 61.5 Å². The Balaban J connectivity index is 1.34. The number of nitrogens with zero attached hydrogens (tertiary/aromatic N) is 3. The van der Waals surface area contributed by atoms with Gasteiger partial charge in [0.2, 0.25) is 0 Å². The Kier molecular flexibility index (Phi) is 7.61. The minimum Gasteiger partial charge on any atom is -0.267 e. The molecule has 2 aromatic heterocycles. The van der Waals surface area contributed by atoms with Crippen molar-refractivity contribution in [2.45, 2.75) is 24.0 Å². The van der Waals surface area contributed by atoms with Crippen LogP contribution >= 0.6 is 23.4 Å². The van der Waals surface area contributed by atoms with Gasteiger partial charge in [-0.2, -0.15) is 5.10 Å². The number of carbonyl (C=O) groups excluding carboxylic acids is 2. The second kappa shape index (κ2) is 11.0. The highest BCUT2D eigenvalue weighted by molar-refractivity contribution is 7.98. The second-order valence-corrected chi connectivity index (χ2v) is 8.79. The van der Waals surface area contributed by atoms with E-state index in [0.29, 0.717) is 34.1 Å². The molecule has 0 spiro atoms. The second-order valence-electron chi connectivity index (χ2n) is 7.31. The Morgan fingerprint density at radius 2 is 1.71 bits per heavy atom. The number of thioether (sulfide) groups is 1. The van der Waals surface area contributed by atoms with Crippen molar-refractivity contribution in [3.63, 3.8) is 0 Å². The van der Waals surface area contributed by atoms with Gasteiger partial charge in [0.1, 0.15) is 0 Å². The molecule has 0 aliphatic rings. The van der Waals surface area contributed by atoms with Gasteiger partial charge >= 0.3 is 0 Å². The number of carbonyl (C=O) groups is 2. The van der Waals surface area contributed by atoms with Crippen LogP contribution in [-0.2, 0) is 12.2 Å². The first kappa shape index (κ1) is 23.5. The molecule has 2 heterocycles. The van der Waals surface area contributed by atoms with Crippen molar-refractivity contribution in [2.24, 2.45) is 0 Å². The number of rotatable bonds is 7. The Labute approximate surface area is 206 Å². The Hall–Kier alpha value is -3.62. The third kappa shape index (κ3) is 5.65. The van der Waals surface area contributed by atoms with Gasteiger partial charge in [0, 0.05) is 27.4 Å². The minimum atomic E-state index is -0.441. The van der Waals surface area contributed by atoms with Crippen LogP contribution in [0.2, 0.25) is 5.02 Å². The SMILES string of the molecule is CCc1c(C(=O)NNC(=O)c2ccc(CSc3ccc(Cl)cc3)cc2)cnn1-c1ccccn1. The molecule has 0 atom stereocenters. The van der Waals surface area contributed by atoms with E-state index in [1.165, 1.54) is 6.20 Å². The molecule has 0 saturated carbocycles. The van der Waals surface area contributed by atoms with Crippen molar-refractivity contribution >= 4 is 35.2 Å². The van der Waals surface area contributed by atoms with E-state index in [-0.39, 0.29) is 0 Å². The average Bonchev–Trinajstić information content (AvgIpc) is 3.32. The van der Waals surface area contributed by atoms with Crippen LogP contribution in [0, 0.1) is 0 Å². The zero-order chi connectivity index (χ0) is 23.9. The van der Waals surface area contributed by atoms with Gasteiger partial charge in [0.25, 0.3) is 11.8 Å². The average molecular weight is 492 g/mol. The van der Waals surface area contributed by atoms with Crippen LogP contribution < -0.4 is 10.9 Å². The molecule has 0 unspecified atom stereocenters. The summed E-state index contributed by atoms with van der Waals surface area (Å²) in [5.74, 6) is 0.542. The van der Waals surface area contributed by atoms with Crippen LogP contribution in [0.25, 0.3) is 5.82 Å². The van der Waals surface area contributed by atoms with E-state index in [0.717, 1.165) is 16.2 Å². The molecule has 4 aromatic rings. The number of hydrazine groups is 1. The summed E-state index contributed by atoms with van der Waals surface area (Å²) in [6.45, 7) is 1.93. The zero-order valence-corrected chi connectivity index (χ0v) is 19.9. The summed E-state index contributed by atoms with van der Waals surface area (Å²) in [5, 5.41) is 5.00. The number of pyridine rings is 1. The van der Waals surface area contributed by atoms with Gasteiger partial charge in [-0.15, -0.1) is 11.8 Å². The number of amides is 2. The predicted molar refractivity (Wildman–Crippen MR) is 133 cm³/mol. The van der Waals surface area contributed by atoms with Crippen molar-refractivity contribution < 1.29 is 9.59 Å².